The number of benzene rings is 2. The third kappa shape index (κ3) is 5.61. The summed E-state index contributed by atoms with van der Waals surface area (Å²) < 4.78 is 44.3. The summed E-state index contributed by atoms with van der Waals surface area (Å²) in [5, 5.41) is 3.20. The standard InChI is InChI=1S/C20H22ClFN2O4S/c1-29(26,27)24-12-10-19(28-18-9-6-15(21)13-17(18)24)20(25)23-11-2-3-14-4-7-16(22)8-5-14/h4-9,13,19H,2-3,10-12H2,1H3,(H,23,25). The maximum Gasteiger partial charge on any atom is 0.261 e. The van der Waals surface area contributed by atoms with Crippen LogP contribution >= 0.6 is 11.6 Å². The van der Waals surface area contributed by atoms with E-state index in [1.165, 1.54) is 22.5 Å². The van der Waals surface area contributed by atoms with Gasteiger partial charge < -0.3 is 10.1 Å². The van der Waals surface area contributed by atoms with Crippen molar-refractivity contribution >= 4 is 33.2 Å². The SMILES string of the molecule is CS(=O)(=O)N1CCC(C(=O)NCCCc2ccc(F)cc2)Oc2ccc(Cl)cc21. The number of sulfonamides is 1. The van der Waals surface area contributed by atoms with Crippen molar-refractivity contribution < 1.29 is 22.3 Å². The number of nitrogens with one attached hydrogen (secondary N) is 1. The lowest BCUT2D eigenvalue weighted by atomic mass is 10.1. The van der Waals surface area contributed by atoms with Crippen molar-refractivity contribution in [3.8, 4) is 5.75 Å². The summed E-state index contributed by atoms with van der Waals surface area (Å²) in [6.07, 6.45) is 1.89. The first kappa shape index (κ1) is 21.4. The van der Waals surface area contributed by atoms with Gasteiger partial charge in [-0.1, -0.05) is 23.7 Å². The maximum absolute atomic E-state index is 12.9. The highest BCUT2D eigenvalue weighted by Crippen LogP contribution is 2.36. The average Bonchev–Trinajstić information content (AvgIpc) is 2.85. The van der Waals surface area contributed by atoms with Crippen LogP contribution in [0, 0.1) is 5.82 Å². The lowest BCUT2D eigenvalue weighted by Crippen LogP contribution is -2.40. The van der Waals surface area contributed by atoms with Crippen LogP contribution in [0.25, 0.3) is 0 Å². The second kappa shape index (κ2) is 9.00. The van der Waals surface area contributed by atoms with E-state index in [9.17, 15) is 17.6 Å². The first-order valence-electron chi connectivity index (χ1n) is 9.20. The van der Waals surface area contributed by atoms with Gasteiger partial charge in [0.05, 0.1) is 11.9 Å². The Balaban J connectivity index is 1.61. The largest absolute Gasteiger partial charge is 0.478 e. The number of hydrogen-bond acceptors (Lipinski definition) is 4. The van der Waals surface area contributed by atoms with Crippen LogP contribution < -0.4 is 14.4 Å². The Hall–Kier alpha value is -2.32. The molecule has 0 aromatic heterocycles. The van der Waals surface area contributed by atoms with Crippen molar-refractivity contribution in [2.45, 2.75) is 25.4 Å². The molecule has 0 saturated carbocycles. The van der Waals surface area contributed by atoms with Gasteiger partial charge in [-0.2, -0.15) is 0 Å². The molecule has 0 saturated heterocycles. The number of fused-ring (bicyclic) bond motifs is 1. The van der Waals surface area contributed by atoms with Crippen LogP contribution in [0.15, 0.2) is 42.5 Å². The fourth-order valence-corrected chi connectivity index (χ4v) is 4.25. The Morgan fingerprint density at radius 3 is 2.69 bits per heavy atom. The number of ether oxygens (including phenoxy) is 1. The molecule has 156 valence electrons. The smallest absolute Gasteiger partial charge is 0.261 e. The third-order valence-corrected chi connectivity index (χ3v) is 6.02. The molecule has 1 aliphatic rings. The lowest BCUT2D eigenvalue weighted by molar-refractivity contribution is -0.128. The van der Waals surface area contributed by atoms with Gasteiger partial charge in [0.15, 0.2) is 6.10 Å². The summed E-state index contributed by atoms with van der Waals surface area (Å²) in [5.74, 6) is -0.290. The zero-order valence-electron chi connectivity index (χ0n) is 15.9. The number of hydrogen-bond donors (Lipinski definition) is 1. The number of halogens is 2. The van der Waals surface area contributed by atoms with E-state index in [1.807, 2.05) is 0 Å². The van der Waals surface area contributed by atoms with Crippen molar-refractivity contribution in [1.29, 1.82) is 0 Å². The van der Waals surface area contributed by atoms with E-state index in [0.717, 1.165) is 11.8 Å². The maximum atomic E-state index is 12.9. The minimum Gasteiger partial charge on any atom is -0.478 e. The highest BCUT2D eigenvalue weighted by atomic mass is 35.5. The Labute approximate surface area is 174 Å². The van der Waals surface area contributed by atoms with Crippen LogP contribution in [0.3, 0.4) is 0 Å². The fourth-order valence-electron chi connectivity index (χ4n) is 3.15. The van der Waals surface area contributed by atoms with Crippen LogP contribution in [0.5, 0.6) is 5.75 Å². The molecular weight excluding hydrogens is 419 g/mol. The minimum absolute atomic E-state index is 0.111. The molecule has 0 spiro atoms. The van der Waals surface area contributed by atoms with Crippen molar-refractivity contribution in [3.05, 3.63) is 58.9 Å². The zero-order chi connectivity index (χ0) is 21.0. The molecule has 0 fully saturated rings. The van der Waals surface area contributed by atoms with E-state index in [2.05, 4.69) is 5.32 Å². The molecule has 2 aromatic rings. The van der Waals surface area contributed by atoms with Gasteiger partial charge in [0.25, 0.3) is 5.91 Å². The number of carbonyl (C=O) groups is 1. The summed E-state index contributed by atoms with van der Waals surface area (Å²) in [7, 11) is -3.55. The summed E-state index contributed by atoms with van der Waals surface area (Å²) >= 11 is 6.01. The van der Waals surface area contributed by atoms with Gasteiger partial charge in [0, 0.05) is 24.5 Å². The monoisotopic (exact) mass is 440 g/mol. The topological polar surface area (TPSA) is 75.7 Å². The first-order valence-corrected chi connectivity index (χ1v) is 11.4. The van der Waals surface area contributed by atoms with E-state index >= 15 is 0 Å². The first-order chi connectivity index (χ1) is 13.7. The molecule has 1 unspecified atom stereocenters. The van der Waals surface area contributed by atoms with Crippen LogP contribution in [-0.4, -0.2) is 39.8 Å². The van der Waals surface area contributed by atoms with Gasteiger partial charge >= 0.3 is 0 Å². The molecule has 1 heterocycles. The molecule has 1 atom stereocenters. The second-order valence-electron chi connectivity index (χ2n) is 6.86. The molecular formula is C20H22ClFN2O4S. The van der Waals surface area contributed by atoms with Gasteiger partial charge in [-0.15, -0.1) is 0 Å². The van der Waals surface area contributed by atoms with Crippen molar-refractivity contribution in [1.82, 2.24) is 5.32 Å². The van der Waals surface area contributed by atoms with Crippen LogP contribution in [0.1, 0.15) is 18.4 Å². The molecule has 2 aromatic carbocycles. The summed E-state index contributed by atoms with van der Waals surface area (Å²) in [6, 6.07) is 10.9. The van der Waals surface area contributed by atoms with Gasteiger partial charge in [0.1, 0.15) is 11.6 Å². The van der Waals surface area contributed by atoms with E-state index in [0.29, 0.717) is 35.8 Å². The molecule has 0 aliphatic carbocycles. The molecule has 6 nitrogen and oxygen atoms in total. The summed E-state index contributed by atoms with van der Waals surface area (Å²) in [5.41, 5.74) is 1.31. The Kier molecular flexibility index (Phi) is 6.64. The average molecular weight is 441 g/mol. The Morgan fingerprint density at radius 2 is 2.00 bits per heavy atom. The summed E-state index contributed by atoms with van der Waals surface area (Å²) in [6.45, 7) is 0.541. The quantitative estimate of drug-likeness (QED) is 0.700. The molecule has 1 aliphatic heterocycles. The highest BCUT2D eigenvalue weighted by Gasteiger charge is 2.31. The van der Waals surface area contributed by atoms with Gasteiger partial charge in [-0.3, -0.25) is 9.10 Å². The van der Waals surface area contributed by atoms with Gasteiger partial charge in [-0.05, 0) is 48.7 Å². The van der Waals surface area contributed by atoms with E-state index < -0.39 is 16.1 Å². The highest BCUT2D eigenvalue weighted by molar-refractivity contribution is 7.92. The fraction of sp³-hybridized carbons (Fsp3) is 0.350. The predicted molar refractivity (Wildman–Crippen MR) is 110 cm³/mol. The molecule has 0 radical (unpaired) electrons. The lowest BCUT2D eigenvalue weighted by Gasteiger charge is -2.21. The van der Waals surface area contributed by atoms with Gasteiger partial charge in [-0.25, -0.2) is 12.8 Å². The van der Waals surface area contributed by atoms with Crippen molar-refractivity contribution in [2.75, 3.05) is 23.7 Å². The molecule has 0 bridgehead atoms. The van der Waals surface area contributed by atoms with Crippen molar-refractivity contribution in [3.63, 3.8) is 0 Å². The number of carbonyl (C=O) groups excluding carboxylic acids is 1. The Morgan fingerprint density at radius 1 is 1.28 bits per heavy atom. The van der Waals surface area contributed by atoms with Crippen LogP contribution in [0.2, 0.25) is 5.02 Å². The molecule has 3 rings (SSSR count). The van der Waals surface area contributed by atoms with E-state index in [-0.39, 0.29) is 24.7 Å². The summed E-state index contributed by atoms with van der Waals surface area (Å²) in [4.78, 5) is 12.6. The van der Waals surface area contributed by atoms with Crippen LogP contribution in [-0.2, 0) is 21.2 Å². The molecule has 9 heteroatoms. The van der Waals surface area contributed by atoms with Crippen molar-refractivity contribution in [2.24, 2.45) is 0 Å². The Bertz CT molecular complexity index is 982. The number of anilines is 1. The molecule has 1 N–H and O–H groups in total. The zero-order valence-corrected chi connectivity index (χ0v) is 17.5. The number of amides is 1. The van der Waals surface area contributed by atoms with Gasteiger partial charge in [0.2, 0.25) is 10.0 Å². The second-order valence-corrected chi connectivity index (χ2v) is 9.21. The van der Waals surface area contributed by atoms with Crippen LogP contribution in [0.4, 0.5) is 10.1 Å². The molecule has 1 amide bonds. The number of nitrogens with zero attached hydrogens (tertiary/aromatic N) is 1. The normalized spacial score (nSPS) is 16.5. The number of aryl methyl sites for hydroxylation is 1. The van der Waals surface area contributed by atoms with E-state index in [4.69, 9.17) is 16.3 Å². The number of rotatable bonds is 6. The third-order valence-electron chi connectivity index (χ3n) is 4.60. The minimum atomic E-state index is -3.55. The van der Waals surface area contributed by atoms with E-state index in [1.54, 1.807) is 24.3 Å². The predicted octanol–water partition coefficient (Wildman–Crippen LogP) is 3.15. The molecule has 29 heavy (non-hydrogen) atoms.